The molecule has 0 saturated heterocycles. The highest BCUT2D eigenvalue weighted by atomic mass is 16.5. The largest absolute Gasteiger partial charge is 0.481 e. The van der Waals surface area contributed by atoms with Crippen LogP contribution >= 0.6 is 0 Å². The minimum atomic E-state index is -1.51. The summed E-state index contributed by atoms with van der Waals surface area (Å²) < 4.78 is 21.2. The van der Waals surface area contributed by atoms with E-state index in [0.29, 0.717) is 19.3 Å². The predicted octanol–water partition coefficient (Wildman–Crippen LogP) is 0.470. The van der Waals surface area contributed by atoms with E-state index >= 15 is 0 Å². The van der Waals surface area contributed by atoms with Crippen molar-refractivity contribution in [1.82, 2.24) is 37.2 Å². The lowest BCUT2D eigenvalue weighted by molar-refractivity contribution is -0.145. The minimum Gasteiger partial charge on any atom is -0.481 e. The number of unbranched alkanes of at least 4 members (excludes halogenated alkanes) is 14. The van der Waals surface area contributed by atoms with Crippen LogP contribution in [0.15, 0.2) is 0 Å². The first kappa shape index (κ1) is 78.4. The SMILES string of the molecule is CC(O)C(NC(=O)[C@@H](N)CCCCNC(=O)CC[C@H](NC(=O)COCCOCCNC(=O)COCCOCCNC(=O)CCC(NC(=O)CC[C@H](NC(=O)CCCCCCCCCCCCCCCCC(=O)O)C(=O)O)C(=O)O)C(=O)O)C(=O)O.[HH]. The van der Waals surface area contributed by atoms with Crippen LogP contribution in [-0.2, 0) is 76.5 Å². The lowest BCUT2D eigenvalue weighted by Gasteiger charge is -2.19. The van der Waals surface area contributed by atoms with Crippen molar-refractivity contribution in [3.8, 4) is 0 Å². The molecule has 0 heterocycles. The number of aliphatic hydroxyl groups excluding tert-OH is 1. The van der Waals surface area contributed by atoms with E-state index in [-0.39, 0.29) is 125 Å². The van der Waals surface area contributed by atoms with Crippen LogP contribution in [0.5, 0.6) is 0 Å². The second-order valence-electron chi connectivity index (χ2n) is 20.4. The van der Waals surface area contributed by atoms with Crippen molar-refractivity contribution in [2.75, 3.05) is 72.5 Å². The molecule has 0 aliphatic rings. The maximum Gasteiger partial charge on any atom is 0.328 e. The van der Waals surface area contributed by atoms with Crippen molar-refractivity contribution in [3.05, 3.63) is 0 Å². The number of carbonyl (C=O) groups excluding carboxylic acids is 7. The zero-order valence-corrected chi connectivity index (χ0v) is 49.2. The molecule has 6 atom stereocenters. The standard InChI is InChI=1S/C55H96N8O22.H2/c1-38(64)50(55(80)81)63-51(73)39(56)18-16-17-27-57-43(65)24-22-42(54(78)79)62-48(70)37-85-35-33-83-31-29-59-47(69)36-84-34-32-82-30-28-58-44(66)25-21-40(52(74)75)61-46(68)26-23-41(53(76)77)60-45(67)19-14-12-10-8-6-4-2-3-5-7-9-11-13-15-20-49(71)72;/h38-42,50,64H,2-37,56H2,1H3,(H,57,65)(H,58,66)(H,59,69)(H,60,67)(H,61,68)(H,62,70)(H,63,73)(H,71,72)(H,74,75)(H,76,77)(H,78,79)(H,80,81);1H/t38?,39-,40?,41-,42-,50?;/m0./s1. The molecule has 0 aromatic carbocycles. The first-order chi connectivity index (χ1) is 40.5. The Labute approximate surface area is 497 Å². The summed E-state index contributed by atoms with van der Waals surface area (Å²) in [5.41, 5.74) is 5.78. The Morgan fingerprint density at radius 1 is 0.376 bits per heavy atom. The Kier molecular flexibility index (Phi) is 46.8. The summed E-state index contributed by atoms with van der Waals surface area (Å²) in [6.45, 7) is 1.16. The number of nitrogens with one attached hydrogen (secondary N) is 7. The van der Waals surface area contributed by atoms with Gasteiger partial charge in [-0.2, -0.15) is 0 Å². The third kappa shape index (κ3) is 46.4. The predicted molar refractivity (Wildman–Crippen MR) is 305 cm³/mol. The molecule has 0 bridgehead atoms. The van der Waals surface area contributed by atoms with Gasteiger partial charge in [0.05, 0.1) is 51.8 Å². The normalized spacial score (nSPS) is 13.2. The Morgan fingerprint density at radius 2 is 0.741 bits per heavy atom. The van der Waals surface area contributed by atoms with E-state index < -0.39 is 114 Å². The summed E-state index contributed by atoms with van der Waals surface area (Å²) in [4.78, 5) is 143. The average Bonchev–Trinajstić information content (AvgIpc) is 3.66. The number of rotatable bonds is 57. The van der Waals surface area contributed by atoms with Gasteiger partial charge in [-0.15, -0.1) is 0 Å². The highest BCUT2D eigenvalue weighted by molar-refractivity contribution is 5.88. The van der Waals surface area contributed by atoms with Crippen LogP contribution in [0.25, 0.3) is 0 Å². The van der Waals surface area contributed by atoms with Crippen LogP contribution in [0, 0.1) is 0 Å². The van der Waals surface area contributed by atoms with Crippen molar-refractivity contribution >= 4 is 71.2 Å². The third-order valence-electron chi connectivity index (χ3n) is 12.9. The van der Waals surface area contributed by atoms with E-state index in [1.807, 2.05) is 0 Å². The molecule has 0 aliphatic heterocycles. The molecule has 15 N–H and O–H groups in total. The van der Waals surface area contributed by atoms with Gasteiger partial charge in [0.15, 0.2) is 6.04 Å². The number of carboxylic acid groups (broad SMARTS) is 5. The molecule has 0 rings (SSSR count). The van der Waals surface area contributed by atoms with Crippen molar-refractivity contribution in [2.24, 2.45) is 5.73 Å². The number of carbonyl (C=O) groups is 12. The zero-order valence-electron chi connectivity index (χ0n) is 49.2. The molecular weight excluding hydrogens is 1120 g/mol. The molecule has 490 valence electrons. The number of aliphatic hydroxyl groups is 1. The minimum absolute atomic E-state index is 0. The maximum atomic E-state index is 12.6. The van der Waals surface area contributed by atoms with E-state index in [0.717, 1.165) is 57.8 Å². The van der Waals surface area contributed by atoms with Gasteiger partial charge in [0.1, 0.15) is 31.3 Å². The molecule has 0 saturated carbocycles. The van der Waals surface area contributed by atoms with Crippen LogP contribution in [0.1, 0.15) is 169 Å². The molecule has 0 aromatic rings. The highest BCUT2D eigenvalue weighted by Gasteiger charge is 2.28. The molecule has 0 aromatic heterocycles. The zero-order chi connectivity index (χ0) is 63.6. The van der Waals surface area contributed by atoms with E-state index in [9.17, 15) is 78.0 Å². The summed E-state index contributed by atoms with van der Waals surface area (Å²) in [5, 5.41) is 72.8. The van der Waals surface area contributed by atoms with E-state index in [4.69, 9.17) is 34.9 Å². The summed E-state index contributed by atoms with van der Waals surface area (Å²) in [7, 11) is 0. The maximum absolute atomic E-state index is 12.6. The molecule has 85 heavy (non-hydrogen) atoms. The molecule has 0 fully saturated rings. The fourth-order valence-electron chi connectivity index (χ4n) is 8.07. The smallest absolute Gasteiger partial charge is 0.328 e. The van der Waals surface area contributed by atoms with Gasteiger partial charge in [0, 0.05) is 53.2 Å². The number of hydrogen-bond acceptors (Lipinski definition) is 18. The Hall–Kier alpha value is -6.60. The number of hydrogen-bond donors (Lipinski definition) is 14. The molecule has 0 radical (unpaired) electrons. The first-order valence-corrected chi connectivity index (χ1v) is 29.4. The summed E-state index contributed by atoms with van der Waals surface area (Å²) in [5.74, 6) is -10.3. The lowest BCUT2D eigenvalue weighted by atomic mass is 10.0. The summed E-state index contributed by atoms with van der Waals surface area (Å²) >= 11 is 0. The van der Waals surface area contributed by atoms with Gasteiger partial charge in [-0.1, -0.05) is 77.0 Å². The average molecular weight is 1220 g/mol. The fraction of sp³-hybridized carbons (Fsp3) is 0.782. The summed E-state index contributed by atoms with van der Waals surface area (Å²) in [6.07, 6.45) is 12.8. The molecule has 30 nitrogen and oxygen atoms in total. The second-order valence-corrected chi connectivity index (χ2v) is 20.4. The van der Waals surface area contributed by atoms with Gasteiger partial charge in [-0.25, -0.2) is 19.2 Å². The molecule has 0 spiro atoms. The number of nitrogens with two attached hydrogens (primary N) is 1. The van der Waals surface area contributed by atoms with Gasteiger partial charge in [0.2, 0.25) is 41.4 Å². The molecule has 30 heteroatoms. The van der Waals surface area contributed by atoms with Crippen molar-refractivity contribution in [3.63, 3.8) is 0 Å². The van der Waals surface area contributed by atoms with E-state index in [1.54, 1.807) is 0 Å². The number of ether oxygens (including phenoxy) is 4. The highest BCUT2D eigenvalue weighted by Crippen LogP contribution is 2.14. The quantitative estimate of drug-likeness (QED) is 0.0368. The molecule has 7 amide bonds. The monoisotopic (exact) mass is 1220 g/mol. The van der Waals surface area contributed by atoms with Crippen LogP contribution in [0.2, 0.25) is 0 Å². The third-order valence-corrected chi connectivity index (χ3v) is 12.9. The van der Waals surface area contributed by atoms with Gasteiger partial charge in [-0.05, 0) is 58.3 Å². The van der Waals surface area contributed by atoms with E-state index in [1.165, 1.54) is 32.6 Å². The molecular formula is C55H98N8O22. The van der Waals surface area contributed by atoms with E-state index in [2.05, 4.69) is 37.2 Å². The van der Waals surface area contributed by atoms with Crippen molar-refractivity contribution in [2.45, 2.75) is 204 Å². The molecule has 3 unspecified atom stereocenters. The topological polar surface area (TPSA) is 473 Å². The molecule has 0 aliphatic carbocycles. The van der Waals surface area contributed by atoms with Gasteiger partial charge < -0.3 is 92.5 Å². The van der Waals surface area contributed by atoms with Crippen LogP contribution < -0.4 is 43.0 Å². The van der Waals surface area contributed by atoms with Gasteiger partial charge in [0.25, 0.3) is 0 Å². The Morgan fingerprint density at radius 3 is 1.16 bits per heavy atom. The number of carboxylic acids is 5. The van der Waals surface area contributed by atoms with Crippen LogP contribution in [0.3, 0.4) is 0 Å². The van der Waals surface area contributed by atoms with Gasteiger partial charge >= 0.3 is 29.8 Å². The van der Waals surface area contributed by atoms with Crippen molar-refractivity contribution in [1.29, 1.82) is 0 Å². The number of amides is 7. The summed E-state index contributed by atoms with van der Waals surface area (Å²) in [6, 6.07) is -6.68. The number of aliphatic carboxylic acids is 5. The Bertz CT molecular complexity index is 2010. The van der Waals surface area contributed by atoms with Crippen LogP contribution in [0.4, 0.5) is 0 Å². The van der Waals surface area contributed by atoms with Crippen molar-refractivity contribution < 1.29 is 109 Å². The second kappa shape index (κ2) is 50.7. The first-order valence-electron chi connectivity index (χ1n) is 29.4. The van der Waals surface area contributed by atoms with Crippen LogP contribution in [-0.4, -0.2) is 211 Å². The Balaban J connectivity index is 0. The lowest BCUT2D eigenvalue weighted by Crippen LogP contribution is -2.52. The van der Waals surface area contributed by atoms with Gasteiger partial charge in [-0.3, -0.25) is 38.4 Å². The fourth-order valence-corrected chi connectivity index (χ4v) is 8.07.